The van der Waals surface area contributed by atoms with Crippen LogP contribution in [0, 0.1) is 6.92 Å². The number of nitrogens with one attached hydrogen (secondary N) is 1. The van der Waals surface area contributed by atoms with Crippen molar-refractivity contribution in [3.05, 3.63) is 29.3 Å². The molecule has 1 amide bonds. The van der Waals surface area contributed by atoms with Crippen LogP contribution in [0.2, 0.25) is 0 Å². The zero-order chi connectivity index (χ0) is 12.7. The highest BCUT2D eigenvalue weighted by Gasteiger charge is 2.09. The number of aliphatic hydroxyl groups is 1. The number of aliphatic hydroxyl groups excluding tert-OH is 1. The van der Waals surface area contributed by atoms with Crippen LogP contribution in [-0.2, 0) is 0 Å². The molecule has 0 aliphatic heterocycles. The van der Waals surface area contributed by atoms with Crippen molar-refractivity contribution in [3.63, 3.8) is 0 Å². The highest BCUT2D eigenvalue weighted by Crippen LogP contribution is 2.15. The van der Waals surface area contributed by atoms with Crippen LogP contribution in [0.15, 0.2) is 18.2 Å². The van der Waals surface area contributed by atoms with Crippen molar-refractivity contribution in [2.75, 3.05) is 18.9 Å². The molecule has 4 heteroatoms. The molecule has 0 bridgehead atoms. The molecule has 0 aromatic heterocycles. The second-order valence-electron chi connectivity index (χ2n) is 4.08. The number of aryl methyl sites for hydroxylation is 1. The molecule has 0 saturated heterocycles. The molecular formula is C13H20N2O2. The van der Waals surface area contributed by atoms with Crippen LogP contribution in [0.5, 0.6) is 0 Å². The zero-order valence-electron chi connectivity index (χ0n) is 10.2. The first-order chi connectivity index (χ1) is 8.16. The summed E-state index contributed by atoms with van der Waals surface area (Å²) in [6.07, 6.45) is 2.57. The lowest BCUT2D eigenvalue weighted by Crippen LogP contribution is -2.25. The Kier molecular flexibility index (Phi) is 5.49. The number of benzene rings is 1. The van der Waals surface area contributed by atoms with E-state index in [1.54, 1.807) is 6.07 Å². The summed E-state index contributed by atoms with van der Waals surface area (Å²) in [5.74, 6) is -0.129. The zero-order valence-corrected chi connectivity index (χ0v) is 10.2. The van der Waals surface area contributed by atoms with E-state index >= 15 is 0 Å². The lowest BCUT2D eigenvalue weighted by molar-refractivity contribution is 0.0953. The number of rotatable bonds is 6. The second kappa shape index (κ2) is 6.91. The maximum Gasteiger partial charge on any atom is 0.253 e. The predicted octanol–water partition coefficient (Wildman–Crippen LogP) is 1.47. The van der Waals surface area contributed by atoms with E-state index in [9.17, 15) is 4.79 Å². The lowest BCUT2D eigenvalue weighted by Gasteiger charge is -2.09. The molecule has 0 radical (unpaired) electrons. The molecule has 0 fully saturated rings. The molecule has 1 aromatic rings. The Hall–Kier alpha value is -1.55. The van der Waals surface area contributed by atoms with E-state index in [0.717, 1.165) is 24.8 Å². The minimum atomic E-state index is -0.129. The quantitative estimate of drug-likeness (QED) is 0.517. The Morgan fingerprint density at radius 1 is 1.35 bits per heavy atom. The van der Waals surface area contributed by atoms with Crippen molar-refractivity contribution < 1.29 is 9.90 Å². The van der Waals surface area contributed by atoms with E-state index in [1.807, 2.05) is 19.1 Å². The Morgan fingerprint density at radius 2 is 2.12 bits per heavy atom. The molecule has 17 heavy (non-hydrogen) atoms. The average Bonchev–Trinajstić information content (AvgIpc) is 2.32. The number of carbonyl (C=O) groups excluding carboxylic acids is 1. The highest BCUT2D eigenvalue weighted by atomic mass is 16.2. The van der Waals surface area contributed by atoms with Crippen LogP contribution in [0.25, 0.3) is 0 Å². The summed E-state index contributed by atoms with van der Waals surface area (Å²) in [6, 6.07) is 5.44. The Balaban J connectivity index is 2.44. The molecule has 4 N–H and O–H groups in total. The summed E-state index contributed by atoms with van der Waals surface area (Å²) in [5, 5.41) is 11.4. The van der Waals surface area contributed by atoms with Gasteiger partial charge in [0.25, 0.3) is 5.91 Å². The number of anilines is 1. The summed E-state index contributed by atoms with van der Waals surface area (Å²) in [7, 11) is 0. The van der Waals surface area contributed by atoms with Crippen molar-refractivity contribution in [1.29, 1.82) is 0 Å². The van der Waals surface area contributed by atoms with Gasteiger partial charge in [-0.3, -0.25) is 4.79 Å². The molecule has 94 valence electrons. The van der Waals surface area contributed by atoms with Gasteiger partial charge in [-0.1, -0.05) is 12.1 Å². The van der Waals surface area contributed by atoms with Crippen molar-refractivity contribution >= 4 is 11.6 Å². The van der Waals surface area contributed by atoms with Crippen LogP contribution in [0.1, 0.15) is 35.2 Å². The molecule has 0 spiro atoms. The highest BCUT2D eigenvalue weighted by molar-refractivity contribution is 5.99. The molecule has 0 aliphatic carbocycles. The Bertz CT molecular complexity index is 378. The first-order valence-electron chi connectivity index (χ1n) is 5.91. The van der Waals surface area contributed by atoms with Crippen LogP contribution in [0.3, 0.4) is 0 Å². The van der Waals surface area contributed by atoms with Crippen LogP contribution < -0.4 is 11.1 Å². The second-order valence-corrected chi connectivity index (χ2v) is 4.08. The fourth-order valence-corrected chi connectivity index (χ4v) is 1.59. The molecule has 4 nitrogen and oxygen atoms in total. The summed E-state index contributed by atoms with van der Waals surface area (Å²) in [5.41, 5.74) is 7.83. The first-order valence-corrected chi connectivity index (χ1v) is 5.91. The van der Waals surface area contributed by atoms with E-state index in [-0.39, 0.29) is 12.5 Å². The monoisotopic (exact) mass is 236 g/mol. The maximum absolute atomic E-state index is 11.8. The standard InChI is InChI=1S/C13H20N2O2/c1-10-6-5-7-11(12(10)14)13(17)15-8-3-2-4-9-16/h5-7,16H,2-4,8-9,14H2,1H3,(H,15,17). The molecule has 0 heterocycles. The van der Waals surface area contributed by atoms with Gasteiger partial charge in [-0.05, 0) is 37.8 Å². The number of nitrogens with two attached hydrogens (primary N) is 1. The molecule has 0 unspecified atom stereocenters. The van der Waals surface area contributed by atoms with E-state index in [4.69, 9.17) is 10.8 Å². The molecule has 0 aliphatic rings. The molecule has 0 atom stereocenters. The lowest BCUT2D eigenvalue weighted by atomic mass is 10.1. The van der Waals surface area contributed by atoms with E-state index in [0.29, 0.717) is 17.8 Å². The summed E-state index contributed by atoms with van der Waals surface area (Å²) < 4.78 is 0. The normalized spacial score (nSPS) is 10.2. The number of hydrogen-bond acceptors (Lipinski definition) is 3. The first kappa shape index (κ1) is 13.5. The third-order valence-electron chi connectivity index (χ3n) is 2.69. The van der Waals surface area contributed by atoms with Crippen LogP contribution in [0.4, 0.5) is 5.69 Å². The molecule has 1 rings (SSSR count). The minimum absolute atomic E-state index is 0.129. The third kappa shape index (κ3) is 4.07. The molecular weight excluding hydrogens is 216 g/mol. The van der Waals surface area contributed by atoms with Crippen LogP contribution >= 0.6 is 0 Å². The van der Waals surface area contributed by atoms with Gasteiger partial charge < -0.3 is 16.2 Å². The van der Waals surface area contributed by atoms with E-state index in [1.165, 1.54) is 0 Å². The van der Waals surface area contributed by atoms with Gasteiger partial charge in [0, 0.05) is 18.8 Å². The molecule has 1 aromatic carbocycles. The number of para-hydroxylation sites is 1. The number of unbranched alkanes of at least 4 members (excludes halogenated alkanes) is 2. The van der Waals surface area contributed by atoms with Gasteiger partial charge in [0.1, 0.15) is 0 Å². The predicted molar refractivity (Wildman–Crippen MR) is 68.9 cm³/mol. The van der Waals surface area contributed by atoms with Gasteiger partial charge in [-0.2, -0.15) is 0 Å². The van der Waals surface area contributed by atoms with Crippen molar-refractivity contribution in [1.82, 2.24) is 5.32 Å². The van der Waals surface area contributed by atoms with Gasteiger partial charge in [0.15, 0.2) is 0 Å². The largest absolute Gasteiger partial charge is 0.398 e. The topological polar surface area (TPSA) is 75.3 Å². The summed E-state index contributed by atoms with van der Waals surface area (Å²) in [6.45, 7) is 2.71. The van der Waals surface area contributed by atoms with Crippen molar-refractivity contribution in [2.24, 2.45) is 0 Å². The van der Waals surface area contributed by atoms with Gasteiger partial charge >= 0.3 is 0 Å². The van der Waals surface area contributed by atoms with Gasteiger partial charge in [0.05, 0.1) is 5.56 Å². The fourth-order valence-electron chi connectivity index (χ4n) is 1.59. The SMILES string of the molecule is Cc1cccc(C(=O)NCCCCCO)c1N. The Morgan fingerprint density at radius 3 is 2.82 bits per heavy atom. The van der Waals surface area contributed by atoms with E-state index < -0.39 is 0 Å². The smallest absolute Gasteiger partial charge is 0.253 e. The summed E-state index contributed by atoms with van der Waals surface area (Å²) >= 11 is 0. The third-order valence-corrected chi connectivity index (χ3v) is 2.69. The van der Waals surface area contributed by atoms with Crippen molar-refractivity contribution in [3.8, 4) is 0 Å². The van der Waals surface area contributed by atoms with E-state index in [2.05, 4.69) is 5.32 Å². The average molecular weight is 236 g/mol. The summed E-state index contributed by atoms with van der Waals surface area (Å²) in [4.78, 5) is 11.8. The number of carbonyl (C=O) groups is 1. The molecule has 0 saturated carbocycles. The van der Waals surface area contributed by atoms with Crippen molar-refractivity contribution in [2.45, 2.75) is 26.2 Å². The van der Waals surface area contributed by atoms with Gasteiger partial charge in [-0.25, -0.2) is 0 Å². The number of amides is 1. The fraction of sp³-hybridized carbons (Fsp3) is 0.462. The van der Waals surface area contributed by atoms with Gasteiger partial charge in [0.2, 0.25) is 0 Å². The minimum Gasteiger partial charge on any atom is -0.398 e. The number of hydrogen-bond donors (Lipinski definition) is 3. The Labute approximate surface area is 102 Å². The van der Waals surface area contributed by atoms with Gasteiger partial charge in [-0.15, -0.1) is 0 Å². The van der Waals surface area contributed by atoms with Crippen LogP contribution in [-0.4, -0.2) is 24.2 Å². The number of nitrogen functional groups attached to an aromatic ring is 1. The maximum atomic E-state index is 11.8.